The molecule has 3 aromatic rings. The molecule has 114 valence electrons. The van der Waals surface area contributed by atoms with Crippen LogP contribution in [-0.2, 0) is 0 Å². The molecule has 5 nitrogen and oxygen atoms in total. The number of carbonyl (C=O) groups is 1. The number of fused-ring (bicyclic) bond motifs is 1. The lowest BCUT2D eigenvalue weighted by molar-refractivity contribution is 0.0934. The van der Waals surface area contributed by atoms with E-state index >= 15 is 0 Å². The fourth-order valence-corrected chi connectivity index (χ4v) is 3.21. The minimum Gasteiger partial charge on any atom is -0.344 e. The van der Waals surface area contributed by atoms with E-state index in [1.165, 1.54) is 0 Å². The first-order valence-corrected chi connectivity index (χ1v) is 8.08. The highest BCUT2D eigenvalue weighted by atomic mass is 32.1. The van der Waals surface area contributed by atoms with Gasteiger partial charge in [0.1, 0.15) is 5.82 Å². The minimum atomic E-state index is -0.117. The van der Waals surface area contributed by atoms with Gasteiger partial charge in [-0.3, -0.25) is 4.79 Å². The van der Waals surface area contributed by atoms with Crippen molar-refractivity contribution in [3.63, 3.8) is 0 Å². The first kappa shape index (κ1) is 14.7. The molecule has 1 atom stereocenters. The Hall–Kier alpha value is -2.21. The highest BCUT2D eigenvalue weighted by Gasteiger charge is 2.17. The predicted octanol–water partition coefficient (Wildman–Crippen LogP) is 3.52. The molecule has 1 aromatic carbocycles. The maximum atomic E-state index is 12.5. The van der Waals surface area contributed by atoms with Crippen molar-refractivity contribution in [3.05, 3.63) is 46.5 Å². The largest absolute Gasteiger partial charge is 0.344 e. The predicted molar refractivity (Wildman–Crippen MR) is 88.2 cm³/mol. The minimum absolute atomic E-state index is 0.103. The third-order valence-electron chi connectivity index (χ3n) is 3.52. The lowest BCUT2D eigenvalue weighted by Crippen LogP contribution is -2.28. The smallest absolute Gasteiger partial charge is 0.251 e. The van der Waals surface area contributed by atoms with Gasteiger partial charge in [0.25, 0.3) is 5.91 Å². The van der Waals surface area contributed by atoms with Crippen LogP contribution in [0.15, 0.2) is 24.4 Å². The topological polar surface area (TPSA) is 70.7 Å². The number of H-pyrrole nitrogens is 1. The summed E-state index contributed by atoms with van der Waals surface area (Å²) < 4.78 is 1.10. The van der Waals surface area contributed by atoms with E-state index in [4.69, 9.17) is 0 Å². The number of hydrogen-bond donors (Lipinski definition) is 2. The average molecular weight is 314 g/mol. The molecule has 0 unspecified atom stereocenters. The number of amides is 1. The molecule has 6 heteroatoms. The molecular weight excluding hydrogens is 296 g/mol. The molecule has 1 amide bonds. The van der Waals surface area contributed by atoms with Gasteiger partial charge in [0.15, 0.2) is 0 Å². The summed E-state index contributed by atoms with van der Waals surface area (Å²) >= 11 is 1.63. The summed E-state index contributed by atoms with van der Waals surface area (Å²) in [5, 5.41) is 4.03. The molecule has 0 aliphatic heterocycles. The summed E-state index contributed by atoms with van der Waals surface area (Å²) in [4.78, 5) is 24.4. The van der Waals surface area contributed by atoms with Crippen LogP contribution in [0.1, 0.15) is 46.3 Å². The van der Waals surface area contributed by atoms with Gasteiger partial charge >= 0.3 is 0 Å². The zero-order chi connectivity index (χ0) is 15.7. The highest BCUT2D eigenvalue weighted by Crippen LogP contribution is 2.23. The molecule has 0 saturated carbocycles. The van der Waals surface area contributed by atoms with Crippen molar-refractivity contribution in [2.75, 3.05) is 0 Å². The Labute approximate surface area is 132 Å². The van der Waals surface area contributed by atoms with E-state index in [2.05, 4.69) is 20.3 Å². The number of aromatic nitrogens is 3. The number of aryl methyl sites for hydroxylation is 2. The van der Waals surface area contributed by atoms with E-state index in [1.54, 1.807) is 17.5 Å². The molecule has 0 spiro atoms. The standard InChI is InChI=1S/C16H18N4OS/c1-4-12(15-17-8-9(2)18-15)20-16(21)11-5-6-14-13(7-11)19-10(3)22-14/h5-8,12H,4H2,1-3H3,(H,17,18)(H,20,21)/t12-/m1/s1. The molecule has 0 radical (unpaired) electrons. The monoisotopic (exact) mass is 314 g/mol. The first-order valence-electron chi connectivity index (χ1n) is 7.26. The summed E-state index contributed by atoms with van der Waals surface area (Å²) in [6.45, 7) is 5.94. The fraction of sp³-hybridized carbons (Fsp3) is 0.312. The van der Waals surface area contributed by atoms with Crippen molar-refractivity contribution in [2.45, 2.75) is 33.2 Å². The van der Waals surface area contributed by atoms with Crippen molar-refractivity contribution in [1.82, 2.24) is 20.3 Å². The van der Waals surface area contributed by atoms with Crippen LogP contribution < -0.4 is 5.32 Å². The van der Waals surface area contributed by atoms with Crippen LogP contribution in [0.4, 0.5) is 0 Å². The maximum Gasteiger partial charge on any atom is 0.251 e. The van der Waals surface area contributed by atoms with E-state index in [0.717, 1.165) is 33.2 Å². The van der Waals surface area contributed by atoms with Gasteiger partial charge in [0.2, 0.25) is 0 Å². The quantitative estimate of drug-likeness (QED) is 0.774. The number of hydrogen-bond acceptors (Lipinski definition) is 4. The van der Waals surface area contributed by atoms with Crippen LogP contribution in [0, 0.1) is 13.8 Å². The Morgan fingerprint density at radius 1 is 1.41 bits per heavy atom. The van der Waals surface area contributed by atoms with E-state index in [0.29, 0.717) is 5.56 Å². The van der Waals surface area contributed by atoms with Crippen LogP contribution in [0.2, 0.25) is 0 Å². The Morgan fingerprint density at radius 2 is 2.23 bits per heavy atom. The van der Waals surface area contributed by atoms with Crippen molar-refractivity contribution < 1.29 is 4.79 Å². The molecule has 0 fully saturated rings. The van der Waals surface area contributed by atoms with Gasteiger partial charge in [-0.15, -0.1) is 11.3 Å². The number of benzene rings is 1. The molecule has 2 aromatic heterocycles. The van der Waals surface area contributed by atoms with Crippen LogP contribution in [0.25, 0.3) is 10.2 Å². The number of thiazole rings is 1. The molecule has 0 bridgehead atoms. The van der Waals surface area contributed by atoms with E-state index < -0.39 is 0 Å². The fourth-order valence-electron chi connectivity index (χ4n) is 2.40. The van der Waals surface area contributed by atoms with Gasteiger partial charge < -0.3 is 10.3 Å². The number of carbonyl (C=O) groups excluding carboxylic acids is 1. The van der Waals surface area contributed by atoms with Gasteiger partial charge in [-0.25, -0.2) is 9.97 Å². The molecule has 2 N–H and O–H groups in total. The summed E-state index contributed by atoms with van der Waals surface area (Å²) in [7, 11) is 0. The molecule has 22 heavy (non-hydrogen) atoms. The number of imidazole rings is 1. The number of rotatable bonds is 4. The molecule has 0 aliphatic carbocycles. The zero-order valence-electron chi connectivity index (χ0n) is 12.8. The van der Waals surface area contributed by atoms with Crippen LogP contribution in [-0.4, -0.2) is 20.9 Å². The first-order chi connectivity index (χ1) is 10.6. The second-order valence-electron chi connectivity index (χ2n) is 5.30. The Balaban J connectivity index is 1.82. The van der Waals surface area contributed by atoms with E-state index in [1.807, 2.05) is 39.0 Å². The lowest BCUT2D eigenvalue weighted by atomic mass is 10.1. The SMILES string of the molecule is CC[C@@H](NC(=O)c1ccc2sc(C)nc2c1)c1ncc(C)[nH]1. The van der Waals surface area contributed by atoms with Gasteiger partial charge in [-0.05, 0) is 38.5 Å². The van der Waals surface area contributed by atoms with Gasteiger partial charge in [0, 0.05) is 17.5 Å². The normalized spacial score (nSPS) is 12.5. The summed E-state index contributed by atoms with van der Waals surface area (Å²) in [5.74, 6) is 0.687. The van der Waals surface area contributed by atoms with E-state index in [-0.39, 0.29) is 11.9 Å². The Morgan fingerprint density at radius 3 is 2.91 bits per heavy atom. The second kappa shape index (κ2) is 5.88. The van der Waals surface area contributed by atoms with Gasteiger partial charge in [0.05, 0.1) is 21.3 Å². The third-order valence-corrected chi connectivity index (χ3v) is 4.47. The van der Waals surface area contributed by atoms with Crippen molar-refractivity contribution >= 4 is 27.5 Å². The summed E-state index contributed by atoms with van der Waals surface area (Å²) in [5.41, 5.74) is 2.48. The Bertz CT molecular complexity index is 821. The number of aromatic amines is 1. The average Bonchev–Trinajstić information content (AvgIpc) is 3.08. The van der Waals surface area contributed by atoms with Crippen LogP contribution in [0.3, 0.4) is 0 Å². The summed E-state index contributed by atoms with van der Waals surface area (Å²) in [6.07, 6.45) is 2.55. The molecule has 2 heterocycles. The van der Waals surface area contributed by atoms with Crippen molar-refractivity contribution in [1.29, 1.82) is 0 Å². The lowest BCUT2D eigenvalue weighted by Gasteiger charge is -2.14. The van der Waals surface area contributed by atoms with Crippen molar-refractivity contribution in [3.8, 4) is 0 Å². The molecule has 3 rings (SSSR count). The number of nitrogens with zero attached hydrogens (tertiary/aromatic N) is 2. The molecule has 0 saturated heterocycles. The van der Waals surface area contributed by atoms with Crippen molar-refractivity contribution in [2.24, 2.45) is 0 Å². The van der Waals surface area contributed by atoms with E-state index in [9.17, 15) is 4.79 Å². The number of nitrogens with one attached hydrogen (secondary N) is 2. The Kier molecular flexibility index (Phi) is 3.94. The van der Waals surface area contributed by atoms with Gasteiger partial charge in [-0.2, -0.15) is 0 Å². The third kappa shape index (κ3) is 2.87. The molecule has 0 aliphatic rings. The maximum absolute atomic E-state index is 12.5. The highest BCUT2D eigenvalue weighted by molar-refractivity contribution is 7.18. The second-order valence-corrected chi connectivity index (χ2v) is 6.54. The summed E-state index contributed by atoms with van der Waals surface area (Å²) in [6, 6.07) is 5.52. The van der Waals surface area contributed by atoms with Gasteiger partial charge in [-0.1, -0.05) is 6.92 Å². The van der Waals surface area contributed by atoms with Crippen LogP contribution in [0.5, 0.6) is 0 Å². The zero-order valence-corrected chi connectivity index (χ0v) is 13.6. The molecular formula is C16H18N4OS. The van der Waals surface area contributed by atoms with Crippen LogP contribution >= 0.6 is 11.3 Å².